The van der Waals surface area contributed by atoms with Crippen LogP contribution in [0, 0.1) is 0 Å². The highest BCUT2D eigenvalue weighted by molar-refractivity contribution is 7.16. The number of ketones is 1. The zero-order chi connectivity index (χ0) is 25.7. The molecule has 12 heteroatoms. The maximum atomic E-state index is 13.3. The first-order valence-electron chi connectivity index (χ1n) is 10.6. The number of fused-ring (bicyclic) bond motifs is 1. The van der Waals surface area contributed by atoms with Gasteiger partial charge in [0, 0.05) is 17.6 Å². The summed E-state index contributed by atoms with van der Waals surface area (Å²) in [6.45, 7) is 6.00. The number of ether oxygens (including phenoxy) is 1. The average Bonchev–Trinajstić information content (AvgIpc) is 3.35. The van der Waals surface area contributed by atoms with Gasteiger partial charge in [0.2, 0.25) is 0 Å². The van der Waals surface area contributed by atoms with Crippen molar-refractivity contribution in [3.8, 4) is 5.69 Å². The van der Waals surface area contributed by atoms with E-state index in [0.717, 1.165) is 22.6 Å². The topological polar surface area (TPSA) is 90.4 Å². The van der Waals surface area contributed by atoms with Gasteiger partial charge in [-0.3, -0.25) is 4.79 Å². The summed E-state index contributed by atoms with van der Waals surface area (Å²) in [5.74, 6) is -0.387. The van der Waals surface area contributed by atoms with Crippen LogP contribution in [0.25, 0.3) is 5.69 Å². The number of anilines is 1. The number of halogens is 4. The Morgan fingerprint density at radius 2 is 1.94 bits per heavy atom. The summed E-state index contributed by atoms with van der Waals surface area (Å²) in [5, 5.41) is 3.94. The minimum atomic E-state index is -4.63. The average molecular weight is 527 g/mol. The Labute approximate surface area is 208 Å². The number of carbonyl (C=O) groups excluding carboxylic acids is 2. The van der Waals surface area contributed by atoms with E-state index in [-0.39, 0.29) is 23.6 Å². The van der Waals surface area contributed by atoms with Gasteiger partial charge in [0.1, 0.15) is 5.60 Å². The van der Waals surface area contributed by atoms with E-state index in [0.29, 0.717) is 23.5 Å². The second-order valence-corrected chi connectivity index (χ2v) is 10.6. The van der Waals surface area contributed by atoms with Gasteiger partial charge in [-0.25, -0.2) is 9.48 Å². The molecule has 35 heavy (non-hydrogen) atoms. The lowest BCUT2D eigenvalue weighted by Crippen LogP contribution is -2.39. The van der Waals surface area contributed by atoms with Crippen molar-refractivity contribution in [3.63, 3.8) is 0 Å². The normalized spacial score (nSPS) is 14.1. The van der Waals surface area contributed by atoms with E-state index in [2.05, 4.69) is 5.10 Å². The van der Waals surface area contributed by atoms with Crippen molar-refractivity contribution in [3.05, 3.63) is 62.7 Å². The Bertz CT molecular complexity index is 1310. The van der Waals surface area contributed by atoms with Gasteiger partial charge in [0.05, 0.1) is 45.1 Å². The standard InChI is InChI=1S/C23H22ClF3N4O3S/c1-22(2,3)34-21(33)30-7-6-14-17(11-30)35-20(28)18(14)19(32)12-9-29-31(10-12)13-4-5-16(24)15(8-13)23(25,26)27/h4-5,8-10H,6-7,11,28H2,1-3H3. The molecule has 1 aromatic carbocycles. The van der Waals surface area contributed by atoms with Crippen molar-refractivity contribution in [2.75, 3.05) is 12.3 Å². The van der Waals surface area contributed by atoms with Gasteiger partial charge < -0.3 is 15.4 Å². The number of nitrogens with zero attached hydrogens (tertiary/aromatic N) is 3. The van der Waals surface area contributed by atoms with Gasteiger partial charge >= 0.3 is 12.3 Å². The highest BCUT2D eigenvalue weighted by atomic mass is 35.5. The molecule has 1 aliphatic rings. The first-order valence-corrected chi connectivity index (χ1v) is 11.8. The lowest BCUT2D eigenvalue weighted by Gasteiger charge is -2.30. The predicted molar refractivity (Wildman–Crippen MR) is 126 cm³/mol. The molecule has 0 aliphatic carbocycles. The van der Waals surface area contributed by atoms with Crippen molar-refractivity contribution >= 4 is 39.8 Å². The highest BCUT2D eigenvalue weighted by Crippen LogP contribution is 2.38. The summed E-state index contributed by atoms with van der Waals surface area (Å²) < 4.78 is 46.3. The quantitative estimate of drug-likeness (QED) is 0.441. The smallest absolute Gasteiger partial charge is 0.417 e. The largest absolute Gasteiger partial charge is 0.444 e. The number of hydrogen-bond donors (Lipinski definition) is 1. The van der Waals surface area contributed by atoms with Crippen molar-refractivity contribution in [2.24, 2.45) is 0 Å². The van der Waals surface area contributed by atoms with Crippen LogP contribution in [-0.2, 0) is 23.9 Å². The molecule has 0 radical (unpaired) electrons. The van der Waals surface area contributed by atoms with Gasteiger partial charge in [-0.15, -0.1) is 11.3 Å². The number of aromatic nitrogens is 2. The Kier molecular flexibility index (Phi) is 6.35. The van der Waals surface area contributed by atoms with E-state index in [9.17, 15) is 22.8 Å². The number of benzene rings is 1. The minimum absolute atomic E-state index is 0.106. The van der Waals surface area contributed by atoms with Crippen molar-refractivity contribution in [2.45, 2.75) is 45.5 Å². The van der Waals surface area contributed by atoms with Crippen LogP contribution in [0.2, 0.25) is 5.02 Å². The van der Waals surface area contributed by atoms with E-state index in [1.807, 2.05) is 0 Å². The van der Waals surface area contributed by atoms with Crippen LogP contribution in [0.3, 0.4) is 0 Å². The van der Waals surface area contributed by atoms with Crippen LogP contribution in [0.5, 0.6) is 0 Å². The zero-order valence-electron chi connectivity index (χ0n) is 19.1. The summed E-state index contributed by atoms with van der Waals surface area (Å²) >= 11 is 6.92. The van der Waals surface area contributed by atoms with Crippen LogP contribution < -0.4 is 5.73 Å². The predicted octanol–water partition coefficient (Wildman–Crippen LogP) is 5.71. The molecule has 1 amide bonds. The second kappa shape index (κ2) is 8.87. The second-order valence-electron chi connectivity index (χ2n) is 9.06. The zero-order valence-corrected chi connectivity index (χ0v) is 20.6. The molecule has 0 fully saturated rings. The lowest BCUT2D eigenvalue weighted by molar-refractivity contribution is -0.137. The van der Waals surface area contributed by atoms with Gasteiger partial charge in [0.15, 0.2) is 5.78 Å². The summed E-state index contributed by atoms with van der Waals surface area (Å²) in [7, 11) is 0. The van der Waals surface area contributed by atoms with Crippen molar-refractivity contribution in [1.82, 2.24) is 14.7 Å². The maximum absolute atomic E-state index is 13.3. The van der Waals surface area contributed by atoms with E-state index in [1.165, 1.54) is 34.5 Å². The molecule has 0 saturated carbocycles. The summed E-state index contributed by atoms with van der Waals surface area (Å²) in [6, 6.07) is 3.38. The van der Waals surface area contributed by atoms with Crippen LogP contribution >= 0.6 is 22.9 Å². The number of hydrogen-bond acceptors (Lipinski definition) is 6. The van der Waals surface area contributed by atoms with Gasteiger partial charge in [-0.1, -0.05) is 11.6 Å². The number of amides is 1. The Morgan fingerprint density at radius 1 is 1.23 bits per heavy atom. The third-order valence-electron chi connectivity index (χ3n) is 5.33. The minimum Gasteiger partial charge on any atom is -0.444 e. The molecule has 0 saturated heterocycles. The van der Waals surface area contributed by atoms with Gasteiger partial charge in [0.25, 0.3) is 0 Å². The van der Waals surface area contributed by atoms with E-state index < -0.39 is 28.5 Å². The molecule has 0 unspecified atom stereocenters. The Hall–Kier alpha value is -3.05. The third-order valence-corrected chi connectivity index (χ3v) is 6.70. The molecular weight excluding hydrogens is 505 g/mol. The number of rotatable bonds is 3. The summed E-state index contributed by atoms with van der Waals surface area (Å²) in [5.41, 5.74) is 5.94. The molecule has 0 bridgehead atoms. The maximum Gasteiger partial charge on any atom is 0.417 e. The highest BCUT2D eigenvalue weighted by Gasteiger charge is 2.34. The fourth-order valence-corrected chi connectivity index (χ4v) is 5.11. The molecule has 3 aromatic rings. The van der Waals surface area contributed by atoms with Gasteiger partial charge in [-0.05, 0) is 51.0 Å². The lowest BCUT2D eigenvalue weighted by atomic mass is 9.98. The van der Waals surface area contributed by atoms with E-state index >= 15 is 0 Å². The number of nitrogens with two attached hydrogens (primary N) is 1. The molecule has 0 atom stereocenters. The third kappa shape index (κ3) is 5.15. The van der Waals surface area contributed by atoms with Crippen molar-refractivity contribution in [1.29, 1.82) is 0 Å². The molecule has 1 aliphatic heterocycles. The summed E-state index contributed by atoms with van der Waals surface area (Å²) in [6.07, 6.45) is -2.01. The number of carbonyl (C=O) groups is 2. The number of nitrogen functional groups attached to an aromatic ring is 1. The van der Waals surface area contributed by atoms with Crippen molar-refractivity contribution < 1.29 is 27.5 Å². The Morgan fingerprint density at radius 3 is 2.60 bits per heavy atom. The van der Waals surface area contributed by atoms with E-state index in [1.54, 1.807) is 25.7 Å². The molecule has 3 heterocycles. The molecule has 7 nitrogen and oxygen atoms in total. The summed E-state index contributed by atoms with van der Waals surface area (Å²) in [4.78, 5) is 28.1. The van der Waals surface area contributed by atoms with Crippen LogP contribution in [-0.4, -0.2) is 38.7 Å². The SMILES string of the molecule is CC(C)(C)OC(=O)N1CCc2c(sc(N)c2C(=O)c2cnn(-c3ccc(Cl)c(C(F)(F)F)c3)c2)C1. The molecule has 0 spiro atoms. The molecule has 2 aromatic heterocycles. The fourth-order valence-electron chi connectivity index (χ4n) is 3.75. The van der Waals surface area contributed by atoms with E-state index in [4.69, 9.17) is 22.1 Å². The molecule has 4 rings (SSSR count). The number of alkyl halides is 3. The van der Waals surface area contributed by atoms with Crippen LogP contribution in [0.15, 0.2) is 30.6 Å². The van der Waals surface area contributed by atoms with Gasteiger partial charge in [-0.2, -0.15) is 18.3 Å². The Balaban J connectivity index is 1.59. The molecule has 186 valence electrons. The first kappa shape index (κ1) is 25.1. The molecular formula is C23H22ClF3N4O3S. The molecule has 2 N–H and O–H groups in total. The monoisotopic (exact) mass is 526 g/mol. The number of thiophene rings is 1. The van der Waals surface area contributed by atoms with Crippen LogP contribution in [0.1, 0.15) is 52.7 Å². The van der Waals surface area contributed by atoms with Crippen LogP contribution in [0.4, 0.5) is 23.0 Å². The first-order chi connectivity index (χ1) is 16.2. The fraction of sp³-hybridized carbons (Fsp3) is 0.348.